The molecule has 0 aliphatic rings. The lowest BCUT2D eigenvalue weighted by Crippen LogP contribution is -2.33. The third-order valence-electron chi connectivity index (χ3n) is 4.79. The maximum absolute atomic E-state index is 12.4. The highest BCUT2D eigenvalue weighted by molar-refractivity contribution is 7.89. The summed E-state index contributed by atoms with van der Waals surface area (Å²) in [5.74, 6) is 0.0871. The number of carbonyl (C=O) groups excluding carboxylic acids is 1. The first kappa shape index (κ1) is 23.1. The van der Waals surface area contributed by atoms with Crippen molar-refractivity contribution in [3.63, 3.8) is 0 Å². The average Bonchev–Trinajstić information content (AvgIpc) is 2.68. The summed E-state index contributed by atoms with van der Waals surface area (Å²) in [5, 5.41) is 6.09. The van der Waals surface area contributed by atoms with Gasteiger partial charge in [-0.25, -0.2) is 12.7 Å². The van der Waals surface area contributed by atoms with Gasteiger partial charge in [-0.3, -0.25) is 4.79 Å². The number of benzene rings is 2. The van der Waals surface area contributed by atoms with Gasteiger partial charge < -0.3 is 10.6 Å². The summed E-state index contributed by atoms with van der Waals surface area (Å²) in [6.45, 7) is 6.47. The van der Waals surface area contributed by atoms with E-state index in [1.54, 1.807) is 12.1 Å². The van der Waals surface area contributed by atoms with Crippen molar-refractivity contribution in [2.24, 2.45) is 5.92 Å². The van der Waals surface area contributed by atoms with E-state index in [2.05, 4.69) is 55.7 Å². The molecule has 0 radical (unpaired) electrons. The monoisotopic (exact) mass is 417 g/mol. The molecule has 0 spiro atoms. The molecule has 1 atom stereocenters. The van der Waals surface area contributed by atoms with Gasteiger partial charge in [-0.2, -0.15) is 0 Å². The van der Waals surface area contributed by atoms with Gasteiger partial charge in [0, 0.05) is 25.8 Å². The molecule has 7 heteroatoms. The average molecular weight is 418 g/mol. The number of nitrogens with one attached hydrogen (secondary N) is 2. The fraction of sp³-hybridized carbons (Fsp3) is 0.409. The summed E-state index contributed by atoms with van der Waals surface area (Å²) in [7, 11) is -0.596. The Morgan fingerprint density at radius 1 is 1.07 bits per heavy atom. The highest BCUT2D eigenvalue weighted by Crippen LogP contribution is 2.22. The van der Waals surface area contributed by atoms with E-state index in [4.69, 9.17) is 0 Å². The summed E-state index contributed by atoms with van der Waals surface area (Å²) in [6, 6.07) is 14.8. The van der Waals surface area contributed by atoms with Crippen LogP contribution in [0.2, 0.25) is 0 Å². The number of hydrogen-bond donors (Lipinski definition) is 2. The lowest BCUT2D eigenvalue weighted by molar-refractivity contribution is -0.115. The Hall–Kier alpha value is -2.22. The molecular formula is C22H31N3O3S. The van der Waals surface area contributed by atoms with Crippen molar-refractivity contribution in [3.05, 3.63) is 59.7 Å². The molecule has 0 saturated heterocycles. The van der Waals surface area contributed by atoms with Crippen LogP contribution in [0.3, 0.4) is 0 Å². The van der Waals surface area contributed by atoms with Gasteiger partial charge in [0.05, 0.1) is 11.4 Å². The van der Waals surface area contributed by atoms with E-state index in [1.807, 2.05) is 0 Å². The Bertz CT molecular complexity index is 923. The number of carbonyl (C=O) groups is 1. The zero-order chi connectivity index (χ0) is 21.6. The lowest BCUT2D eigenvalue weighted by Gasteiger charge is -2.23. The molecule has 2 aromatic carbocycles. The van der Waals surface area contributed by atoms with E-state index in [1.165, 1.54) is 31.8 Å². The maximum Gasteiger partial charge on any atom is 0.242 e. The lowest BCUT2D eigenvalue weighted by atomic mass is 9.95. The number of sulfonamides is 1. The Morgan fingerprint density at radius 3 is 2.28 bits per heavy atom. The zero-order valence-electron chi connectivity index (χ0n) is 17.8. The van der Waals surface area contributed by atoms with Crippen LogP contribution in [-0.4, -0.2) is 39.3 Å². The number of amides is 1. The van der Waals surface area contributed by atoms with Crippen molar-refractivity contribution < 1.29 is 13.2 Å². The first-order valence-corrected chi connectivity index (χ1v) is 11.2. The molecule has 2 aromatic rings. The first-order valence-electron chi connectivity index (χ1n) is 9.79. The third-order valence-corrected chi connectivity index (χ3v) is 6.60. The number of anilines is 1. The minimum atomic E-state index is -3.55. The minimum Gasteiger partial charge on any atom is -0.325 e. The normalized spacial score (nSPS) is 12.9. The van der Waals surface area contributed by atoms with Gasteiger partial charge in [0.25, 0.3) is 0 Å². The summed E-state index contributed by atoms with van der Waals surface area (Å²) in [5.41, 5.74) is 2.87. The number of hydrogen-bond acceptors (Lipinski definition) is 4. The van der Waals surface area contributed by atoms with Crippen LogP contribution in [0.15, 0.2) is 53.4 Å². The van der Waals surface area contributed by atoms with Gasteiger partial charge in [0.1, 0.15) is 0 Å². The number of nitrogens with zero attached hydrogens (tertiary/aromatic N) is 1. The minimum absolute atomic E-state index is 0.0482. The summed E-state index contributed by atoms with van der Waals surface area (Å²) in [4.78, 5) is 12.6. The van der Waals surface area contributed by atoms with E-state index < -0.39 is 10.0 Å². The van der Waals surface area contributed by atoms with Gasteiger partial charge in [0.2, 0.25) is 15.9 Å². The predicted molar refractivity (Wildman–Crippen MR) is 117 cm³/mol. The smallest absolute Gasteiger partial charge is 0.242 e. The second-order valence-corrected chi connectivity index (χ2v) is 9.71. The van der Waals surface area contributed by atoms with Gasteiger partial charge in [-0.05, 0) is 41.7 Å². The van der Waals surface area contributed by atoms with Crippen LogP contribution in [0.25, 0.3) is 0 Å². The molecule has 0 aliphatic carbocycles. The highest BCUT2D eigenvalue weighted by atomic mass is 32.2. The molecule has 0 saturated carbocycles. The molecule has 0 aliphatic heterocycles. The zero-order valence-corrected chi connectivity index (χ0v) is 18.6. The molecule has 0 aromatic heterocycles. The molecule has 0 fully saturated rings. The van der Waals surface area contributed by atoms with Crippen LogP contribution in [0.1, 0.15) is 37.9 Å². The molecule has 0 unspecified atom stereocenters. The Balaban J connectivity index is 2.04. The second-order valence-electron chi connectivity index (χ2n) is 7.56. The maximum atomic E-state index is 12.4. The summed E-state index contributed by atoms with van der Waals surface area (Å²) in [6.07, 6.45) is 0.991. The van der Waals surface area contributed by atoms with Gasteiger partial charge in [-0.1, -0.05) is 51.1 Å². The molecular weight excluding hydrogens is 386 g/mol. The number of rotatable bonds is 9. The Labute approximate surface area is 174 Å². The topological polar surface area (TPSA) is 78.5 Å². The van der Waals surface area contributed by atoms with Crippen molar-refractivity contribution in [2.45, 2.75) is 38.1 Å². The van der Waals surface area contributed by atoms with Gasteiger partial charge >= 0.3 is 0 Å². The predicted octanol–water partition coefficient (Wildman–Crippen LogP) is 3.42. The number of aryl methyl sites for hydroxylation is 1. The van der Waals surface area contributed by atoms with Crippen LogP contribution in [0.4, 0.5) is 5.69 Å². The molecule has 29 heavy (non-hydrogen) atoms. The molecule has 2 N–H and O–H groups in total. The van der Waals surface area contributed by atoms with Crippen LogP contribution in [0, 0.1) is 5.92 Å². The van der Waals surface area contributed by atoms with Crippen molar-refractivity contribution >= 4 is 21.6 Å². The molecule has 1 amide bonds. The molecule has 0 heterocycles. The van der Waals surface area contributed by atoms with Crippen LogP contribution < -0.4 is 10.6 Å². The molecule has 0 bridgehead atoms. The molecule has 158 valence electrons. The molecule has 6 nitrogen and oxygen atoms in total. The van der Waals surface area contributed by atoms with Crippen LogP contribution >= 0.6 is 0 Å². The van der Waals surface area contributed by atoms with Crippen molar-refractivity contribution in [3.8, 4) is 0 Å². The van der Waals surface area contributed by atoms with E-state index in [0.29, 0.717) is 11.6 Å². The quantitative estimate of drug-likeness (QED) is 0.655. The van der Waals surface area contributed by atoms with E-state index in [0.717, 1.165) is 16.3 Å². The Kier molecular flexibility index (Phi) is 7.96. The van der Waals surface area contributed by atoms with Crippen molar-refractivity contribution in [1.82, 2.24) is 9.62 Å². The third kappa shape index (κ3) is 6.13. The molecule has 2 rings (SSSR count). The summed E-state index contributed by atoms with van der Waals surface area (Å²) < 4.78 is 25.7. The largest absolute Gasteiger partial charge is 0.325 e. The highest BCUT2D eigenvalue weighted by Gasteiger charge is 2.19. The van der Waals surface area contributed by atoms with E-state index >= 15 is 0 Å². The summed E-state index contributed by atoms with van der Waals surface area (Å²) >= 11 is 0. The van der Waals surface area contributed by atoms with Crippen molar-refractivity contribution in [2.75, 3.05) is 26.0 Å². The van der Waals surface area contributed by atoms with E-state index in [-0.39, 0.29) is 23.4 Å². The van der Waals surface area contributed by atoms with Crippen molar-refractivity contribution in [1.29, 1.82) is 0 Å². The first-order chi connectivity index (χ1) is 13.6. The fourth-order valence-electron chi connectivity index (χ4n) is 3.05. The van der Waals surface area contributed by atoms with Gasteiger partial charge in [-0.15, -0.1) is 0 Å². The SMILES string of the molecule is CCc1ccc([C@H](NCC(=O)Nc2cccc(S(=O)(=O)N(C)C)c2)C(C)C)cc1. The Morgan fingerprint density at radius 2 is 1.72 bits per heavy atom. The second kappa shape index (κ2) is 10.0. The fourth-order valence-corrected chi connectivity index (χ4v) is 4.00. The van der Waals surface area contributed by atoms with Gasteiger partial charge in [0.15, 0.2) is 0 Å². The van der Waals surface area contributed by atoms with Crippen LogP contribution in [0.5, 0.6) is 0 Å². The van der Waals surface area contributed by atoms with Crippen LogP contribution in [-0.2, 0) is 21.2 Å². The van der Waals surface area contributed by atoms with E-state index in [9.17, 15) is 13.2 Å². The standard InChI is InChI=1S/C22H31N3O3S/c1-6-17-10-12-18(13-11-17)22(16(2)3)23-15-21(26)24-19-8-7-9-20(14-19)29(27,28)25(4)5/h7-14,16,22-23H,6,15H2,1-5H3,(H,24,26)/t22-/m1/s1.